The van der Waals surface area contributed by atoms with E-state index in [9.17, 15) is 8.42 Å². The first-order valence-corrected chi connectivity index (χ1v) is 9.22. The molecular formula is C13H15BrN2O3S2. The van der Waals surface area contributed by atoms with Crippen LogP contribution >= 0.6 is 27.3 Å². The Morgan fingerprint density at radius 1 is 1.43 bits per heavy atom. The van der Waals surface area contributed by atoms with Crippen molar-refractivity contribution in [2.75, 3.05) is 7.05 Å². The molecule has 0 spiro atoms. The second-order valence-electron chi connectivity index (χ2n) is 4.54. The Hall–Kier alpha value is -0.800. The molecule has 1 aromatic carbocycles. The summed E-state index contributed by atoms with van der Waals surface area (Å²) in [6.45, 7) is 1.89. The zero-order valence-corrected chi connectivity index (χ0v) is 14.8. The van der Waals surface area contributed by atoms with Gasteiger partial charge in [0.2, 0.25) is 10.0 Å². The molecule has 0 saturated heterocycles. The van der Waals surface area contributed by atoms with Gasteiger partial charge in [-0.1, -0.05) is 6.07 Å². The summed E-state index contributed by atoms with van der Waals surface area (Å²) in [5.74, 6) is 0. The van der Waals surface area contributed by atoms with Crippen LogP contribution in [0.25, 0.3) is 0 Å². The van der Waals surface area contributed by atoms with Gasteiger partial charge >= 0.3 is 0 Å². The number of benzene rings is 1. The summed E-state index contributed by atoms with van der Waals surface area (Å²) >= 11 is 4.74. The van der Waals surface area contributed by atoms with Crippen LogP contribution in [0.5, 0.6) is 0 Å². The van der Waals surface area contributed by atoms with Crippen molar-refractivity contribution >= 4 is 37.3 Å². The fourth-order valence-corrected chi connectivity index (χ4v) is 4.52. The van der Waals surface area contributed by atoms with Crippen molar-refractivity contribution in [3.05, 3.63) is 44.3 Å². The standard InChI is InChI=1S/C13H15BrN2O3S2/c1-9-15-11(8-20-9)6-16(2)21(18,19)13-5-10(7-17)3-4-12(13)14/h3-5,8,17H,6-7H2,1-2H3. The van der Waals surface area contributed by atoms with E-state index in [2.05, 4.69) is 20.9 Å². The lowest BCUT2D eigenvalue weighted by Crippen LogP contribution is -2.27. The quantitative estimate of drug-likeness (QED) is 0.851. The predicted molar refractivity (Wildman–Crippen MR) is 85.6 cm³/mol. The molecule has 0 atom stereocenters. The molecule has 0 amide bonds. The number of aliphatic hydroxyl groups excluding tert-OH is 1. The fraction of sp³-hybridized carbons (Fsp3) is 0.308. The number of rotatable bonds is 5. The van der Waals surface area contributed by atoms with Gasteiger partial charge in [-0.25, -0.2) is 13.4 Å². The molecule has 2 rings (SSSR count). The predicted octanol–water partition coefficient (Wildman–Crippen LogP) is 2.53. The zero-order valence-electron chi connectivity index (χ0n) is 11.6. The van der Waals surface area contributed by atoms with Gasteiger partial charge in [0.15, 0.2) is 0 Å². The van der Waals surface area contributed by atoms with Gasteiger partial charge in [0.05, 0.1) is 28.7 Å². The molecule has 0 unspecified atom stereocenters. The second kappa shape index (κ2) is 6.53. The summed E-state index contributed by atoms with van der Waals surface area (Å²) in [5, 5.41) is 11.9. The van der Waals surface area contributed by atoms with Crippen LogP contribution in [0.15, 0.2) is 32.9 Å². The van der Waals surface area contributed by atoms with Crippen molar-refractivity contribution in [3.8, 4) is 0 Å². The van der Waals surface area contributed by atoms with Crippen LogP contribution in [0.1, 0.15) is 16.3 Å². The Labute approximate surface area is 136 Å². The Bertz CT molecular complexity index is 744. The molecule has 0 aliphatic heterocycles. The van der Waals surface area contributed by atoms with E-state index in [1.165, 1.54) is 28.8 Å². The maximum atomic E-state index is 12.6. The fourth-order valence-electron chi connectivity index (χ4n) is 1.81. The molecule has 0 bridgehead atoms. The number of nitrogens with zero attached hydrogens (tertiary/aromatic N) is 2. The number of aryl methyl sites for hydroxylation is 1. The van der Waals surface area contributed by atoms with Gasteiger partial charge < -0.3 is 5.11 Å². The Morgan fingerprint density at radius 3 is 2.71 bits per heavy atom. The van der Waals surface area contributed by atoms with Gasteiger partial charge in [-0.2, -0.15) is 4.31 Å². The summed E-state index contributed by atoms with van der Waals surface area (Å²) in [5.41, 5.74) is 1.27. The third-order valence-corrected chi connectivity index (χ3v) is 6.54. The highest BCUT2D eigenvalue weighted by atomic mass is 79.9. The van der Waals surface area contributed by atoms with E-state index in [4.69, 9.17) is 5.11 Å². The Morgan fingerprint density at radius 2 is 2.14 bits per heavy atom. The minimum atomic E-state index is -3.65. The molecule has 1 N–H and O–H groups in total. The van der Waals surface area contributed by atoms with Crippen molar-refractivity contribution in [1.29, 1.82) is 0 Å². The monoisotopic (exact) mass is 390 g/mol. The first-order chi connectivity index (χ1) is 9.84. The number of halogens is 1. The van der Waals surface area contributed by atoms with E-state index in [0.717, 1.165) is 10.7 Å². The van der Waals surface area contributed by atoms with Gasteiger partial charge in [0.1, 0.15) is 0 Å². The average Bonchev–Trinajstić information content (AvgIpc) is 2.84. The highest BCUT2D eigenvalue weighted by Gasteiger charge is 2.24. The van der Waals surface area contributed by atoms with Crippen molar-refractivity contribution in [2.24, 2.45) is 0 Å². The van der Waals surface area contributed by atoms with E-state index in [1.54, 1.807) is 12.1 Å². The molecule has 0 radical (unpaired) electrons. The van der Waals surface area contributed by atoms with E-state index >= 15 is 0 Å². The Kier molecular flexibility index (Phi) is 5.15. The first-order valence-electron chi connectivity index (χ1n) is 6.11. The summed E-state index contributed by atoms with van der Waals surface area (Å²) in [6.07, 6.45) is 0. The summed E-state index contributed by atoms with van der Waals surface area (Å²) < 4.78 is 27.0. The minimum absolute atomic E-state index is 0.142. The van der Waals surface area contributed by atoms with Gasteiger partial charge in [-0.05, 0) is 40.5 Å². The number of hydrogen-bond acceptors (Lipinski definition) is 5. The smallest absolute Gasteiger partial charge is 0.244 e. The molecule has 0 saturated carbocycles. The van der Waals surface area contributed by atoms with Gasteiger partial charge in [-0.3, -0.25) is 0 Å². The topological polar surface area (TPSA) is 70.5 Å². The van der Waals surface area contributed by atoms with Crippen LogP contribution in [-0.2, 0) is 23.2 Å². The SMILES string of the molecule is Cc1nc(CN(C)S(=O)(=O)c2cc(CO)ccc2Br)cs1. The summed E-state index contributed by atoms with van der Waals surface area (Å²) in [6, 6.07) is 4.77. The molecular weight excluding hydrogens is 376 g/mol. The first kappa shape index (κ1) is 16.6. The van der Waals surface area contributed by atoms with E-state index in [0.29, 0.717) is 10.0 Å². The molecule has 114 valence electrons. The highest BCUT2D eigenvalue weighted by Crippen LogP contribution is 2.26. The third kappa shape index (κ3) is 3.70. The third-order valence-electron chi connectivity index (χ3n) is 2.92. The number of aromatic nitrogens is 1. The van der Waals surface area contributed by atoms with Crippen LogP contribution in [0.3, 0.4) is 0 Å². The molecule has 0 aliphatic rings. The molecule has 5 nitrogen and oxygen atoms in total. The van der Waals surface area contributed by atoms with E-state index < -0.39 is 10.0 Å². The maximum absolute atomic E-state index is 12.6. The zero-order chi connectivity index (χ0) is 15.6. The molecule has 21 heavy (non-hydrogen) atoms. The summed E-state index contributed by atoms with van der Waals surface area (Å²) in [4.78, 5) is 4.42. The molecule has 2 aromatic rings. The van der Waals surface area contributed by atoms with E-state index in [1.807, 2.05) is 12.3 Å². The van der Waals surface area contributed by atoms with Crippen molar-refractivity contribution in [1.82, 2.24) is 9.29 Å². The number of sulfonamides is 1. The lowest BCUT2D eigenvalue weighted by Gasteiger charge is -2.17. The Balaban J connectivity index is 2.32. The molecule has 8 heteroatoms. The molecule has 1 aromatic heterocycles. The van der Waals surface area contributed by atoms with Crippen molar-refractivity contribution < 1.29 is 13.5 Å². The van der Waals surface area contributed by atoms with E-state index in [-0.39, 0.29) is 18.0 Å². The lowest BCUT2D eigenvalue weighted by molar-refractivity contribution is 0.281. The number of hydrogen-bond donors (Lipinski definition) is 1. The number of thiazole rings is 1. The molecule has 0 aliphatic carbocycles. The van der Waals surface area contributed by atoms with Gasteiger partial charge in [0.25, 0.3) is 0 Å². The van der Waals surface area contributed by atoms with Gasteiger partial charge in [0, 0.05) is 16.9 Å². The highest BCUT2D eigenvalue weighted by molar-refractivity contribution is 9.10. The largest absolute Gasteiger partial charge is 0.392 e. The second-order valence-corrected chi connectivity index (χ2v) is 8.47. The maximum Gasteiger partial charge on any atom is 0.244 e. The molecule has 0 fully saturated rings. The van der Waals surface area contributed by atoms with Crippen LogP contribution < -0.4 is 0 Å². The van der Waals surface area contributed by atoms with Crippen molar-refractivity contribution in [2.45, 2.75) is 25.0 Å². The van der Waals surface area contributed by atoms with Crippen LogP contribution in [0.4, 0.5) is 0 Å². The average molecular weight is 391 g/mol. The normalized spacial score (nSPS) is 12.0. The number of aliphatic hydroxyl groups is 1. The van der Waals surface area contributed by atoms with Crippen LogP contribution in [0.2, 0.25) is 0 Å². The van der Waals surface area contributed by atoms with Gasteiger partial charge in [-0.15, -0.1) is 11.3 Å². The van der Waals surface area contributed by atoms with Crippen LogP contribution in [0, 0.1) is 6.92 Å². The van der Waals surface area contributed by atoms with Crippen LogP contribution in [-0.4, -0.2) is 29.9 Å². The molecule has 1 heterocycles. The summed E-state index contributed by atoms with van der Waals surface area (Å²) in [7, 11) is -2.14. The minimum Gasteiger partial charge on any atom is -0.392 e. The lowest BCUT2D eigenvalue weighted by atomic mass is 10.2. The van der Waals surface area contributed by atoms with Crippen molar-refractivity contribution in [3.63, 3.8) is 0 Å².